The zero-order valence-electron chi connectivity index (χ0n) is 9.37. The molecule has 0 radical (unpaired) electrons. The van der Waals surface area contributed by atoms with Gasteiger partial charge in [0.2, 0.25) is 0 Å². The number of amides is 1. The lowest BCUT2D eigenvalue weighted by Crippen LogP contribution is -2.37. The summed E-state index contributed by atoms with van der Waals surface area (Å²) in [5, 5.41) is 0.675. The second-order valence-electron chi connectivity index (χ2n) is 3.96. The van der Waals surface area contributed by atoms with Gasteiger partial charge in [0.05, 0.1) is 7.11 Å². The second kappa shape index (κ2) is 5.14. The van der Waals surface area contributed by atoms with Crippen LogP contribution in [0.2, 0.25) is 10.3 Å². The smallest absolute Gasteiger partial charge is 0.409 e. The lowest BCUT2D eigenvalue weighted by atomic mass is 9.96. The maximum atomic E-state index is 11.3. The van der Waals surface area contributed by atoms with Crippen molar-refractivity contribution in [2.24, 2.45) is 0 Å². The van der Waals surface area contributed by atoms with Gasteiger partial charge in [-0.2, -0.15) is 0 Å². The van der Waals surface area contributed by atoms with E-state index < -0.39 is 0 Å². The number of H-pyrrole nitrogens is 1. The Morgan fingerprint density at radius 2 is 2.12 bits per heavy atom. The fraction of sp³-hybridized carbons (Fsp3) is 0.600. The molecular formula is C10H13Cl2N3O2. The number of methoxy groups -OCH3 is 1. The maximum absolute atomic E-state index is 11.3. The van der Waals surface area contributed by atoms with Crippen LogP contribution in [-0.4, -0.2) is 41.2 Å². The van der Waals surface area contributed by atoms with Gasteiger partial charge in [0.25, 0.3) is 0 Å². The third-order valence-corrected chi connectivity index (χ3v) is 3.60. The molecule has 2 heterocycles. The van der Waals surface area contributed by atoms with Gasteiger partial charge in [0.1, 0.15) is 11.0 Å². The summed E-state index contributed by atoms with van der Waals surface area (Å²) in [4.78, 5) is 20.1. The molecule has 1 N–H and O–H groups in total. The largest absolute Gasteiger partial charge is 0.453 e. The highest BCUT2D eigenvalue weighted by atomic mass is 35.5. The summed E-state index contributed by atoms with van der Waals surface area (Å²) in [7, 11) is 1.39. The predicted octanol–water partition coefficient (Wildman–Crippen LogP) is 2.66. The highest BCUT2D eigenvalue weighted by molar-refractivity contribution is 6.40. The number of hydrogen-bond donors (Lipinski definition) is 1. The van der Waals surface area contributed by atoms with Crippen molar-refractivity contribution in [3.8, 4) is 0 Å². The van der Waals surface area contributed by atoms with Gasteiger partial charge in [-0.15, -0.1) is 0 Å². The molecule has 1 aliphatic rings. The first kappa shape index (κ1) is 12.5. The number of carbonyl (C=O) groups is 1. The summed E-state index contributed by atoms with van der Waals surface area (Å²) in [5.41, 5.74) is 0. The van der Waals surface area contributed by atoms with Crippen LogP contribution in [0.1, 0.15) is 24.6 Å². The first-order valence-electron chi connectivity index (χ1n) is 5.35. The summed E-state index contributed by atoms with van der Waals surface area (Å²) >= 11 is 11.6. The number of aromatic nitrogens is 2. The topological polar surface area (TPSA) is 58.2 Å². The minimum Gasteiger partial charge on any atom is -0.453 e. The van der Waals surface area contributed by atoms with Gasteiger partial charge in [-0.1, -0.05) is 23.2 Å². The lowest BCUT2D eigenvalue weighted by Gasteiger charge is -2.29. The Balaban J connectivity index is 1.97. The number of carbonyl (C=O) groups excluding carboxylic acids is 1. The predicted molar refractivity (Wildman–Crippen MR) is 64.6 cm³/mol. The van der Waals surface area contributed by atoms with Crippen molar-refractivity contribution in [2.45, 2.75) is 18.8 Å². The first-order valence-corrected chi connectivity index (χ1v) is 6.11. The van der Waals surface area contributed by atoms with Crippen molar-refractivity contribution in [1.29, 1.82) is 0 Å². The molecule has 0 atom stereocenters. The number of imidazole rings is 1. The molecule has 1 aliphatic heterocycles. The highest BCUT2D eigenvalue weighted by Gasteiger charge is 2.26. The quantitative estimate of drug-likeness (QED) is 0.859. The molecule has 0 aliphatic carbocycles. The summed E-state index contributed by atoms with van der Waals surface area (Å²) < 4.78 is 4.68. The number of nitrogens with zero attached hydrogens (tertiary/aromatic N) is 2. The molecule has 1 saturated heterocycles. The van der Waals surface area contributed by atoms with Crippen molar-refractivity contribution in [3.63, 3.8) is 0 Å². The van der Waals surface area contributed by atoms with E-state index in [1.165, 1.54) is 7.11 Å². The Labute approximate surface area is 109 Å². The number of piperidine rings is 1. The molecule has 0 saturated carbocycles. The van der Waals surface area contributed by atoms with Gasteiger partial charge < -0.3 is 14.6 Å². The van der Waals surface area contributed by atoms with Gasteiger partial charge in [0.15, 0.2) is 5.15 Å². The van der Waals surface area contributed by atoms with E-state index in [9.17, 15) is 4.79 Å². The molecular weight excluding hydrogens is 265 g/mol. The fourth-order valence-electron chi connectivity index (χ4n) is 2.00. The second-order valence-corrected chi connectivity index (χ2v) is 4.69. The molecule has 0 spiro atoms. The van der Waals surface area contributed by atoms with Crippen LogP contribution in [-0.2, 0) is 4.74 Å². The minimum atomic E-state index is -0.279. The zero-order valence-corrected chi connectivity index (χ0v) is 10.9. The normalized spacial score (nSPS) is 17.2. The number of ether oxygens (including phenoxy) is 1. The van der Waals surface area contributed by atoms with Gasteiger partial charge in [-0.3, -0.25) is 0 Å². The Morgan fingerprint density at radius 3 is 2.59 bits per heavy atom. The van der Waals surface area contributed by atoms with Crippen LogP contribution in [0.4, 0.5) is 4.79 Å². The SMILES string of the molecule is COC(=O)N1CCC(c2nc(Cl)c(Cl)[nH]2)CC1. The van der Waals surface area contributed by atoms with Crippen LogP contribution in [0.3, 0.4) is 0 Å². The molecule has 1 aromatic heterocycles. The van der Waals surface area contributed by atoms with Crippen LogP contribution < -0.4 is 0 Å². The minimum absolute atomic E-state index is 0.265. The van der Waals surface area contributed by atoms with Gasteiger partial charge in [0, 0.05) is 19.0 Å². The summed E-state index contributed by atoms with van der Waals surface area (Å²) in [6, 6.07) is 0. The van der Waals surface area contributed by atoms with E-state index in [1.807, 2.05) is 0 Å². The zero-order chi connectivity index (χ0) is 12.4. The van der Waals surface area contributed by atoms with Crippen molar-refractivity contribution < 1.29 is 9.53 Å². The van der Waals surface area contributed by atoms with Crippen LogP contribution in [0.15, 0.2) is 0 Å². The number of aromatic amines is 1. The van der Waals surface area contributed by atoms with Crippen LogP contribution in [0.25, 0.3) is 0 Å². The molecule has 94 valence electrons. The Kier molecular flexibility index (Phi) is 3.79. The number of hydrogen-bond acceptors (Lipinski definition) is 3. The maximum Gasteiger partial charge on any atom is 0.409 e. The van der Waals surface area contributed by atoms with E-state index in [4.69, 9.17) is 23.2 Å². The third kappa shape index (κ3) is 2.66. The molecule has 1 fully saturated rings. The van der Waals surface area contributed by atoms with Gasteiger partial charge in [-0.25, -0.2) is 9.78 Å². The number of halogens is 2. The van der Waals surface area contributed by atoms with Gasteiger partial charge >= 0.3 is 6.09 Å². The average Bonchev–Trinajstić information content (AvgIpc) is 2.69. The number of nitrogens with one attached hydrogen (secondary N) is 1. The monoisotopic (exact) mass is 277 g/mol. The van der Waals surface area contributed by atoms with Crippen LogP contribution in [0.5, 0.6) is 0 Å². The molecule has 7 heteroatoms. The molecule has 0 unspecified atom stereocenters. The first-order chi connectivity index (χ1) is 8.11. The summed E-state index contributed by atoms with van der Waals surface area (Å²) in [5.74, 6) is 1.06. The standard InChI is InChI=1S/C10H13Cl2N3O2/c1-17-10(16)15-4-2-6(3-5-15)9-13-7(11)8(12)14-9/h6H,2-5H2,1H3,(H,13,14). The van der Waals surface area contributed by atoms with Crippen molar-refractivity contribution in [2.75, 3.05) is 20.2 Å². The fourth-order valence-corrected chi connectivity index (χ4v) is 2.28. The van der Waals surface area contributed by atoms with E-state index in [1.54, 1.807) is 4.90 Å². The van der Waals surface area contributed by atoms with Gasteiger partial charge in [-0.05, 0) is 12.8 Å². The highest BCUT2D eigenvalue weighted by Crippen LogP contribution is 2.29. The molecule has 1 amide bonds. The van der Waals surface area contributed by atoms with Crippen LogP contribution >= 0.6 is 23.2 Å². The molecule has 0 aromatic carbocycles. The van der Waals surface area contributed by atoms with E-state index in [0.29, 0.717) is 23.4 Å². The Morgan fingerprint density at radius 1 is 1.47 bits per heavy atom. The Bertz CT molecular complexity index is 394. The molecule has 2 rings (SSSR count). The molecule has 17 heavy (non-hydrogen) atoms. The third-order valence-electron chi connectivity index (χ3n) is 2.95. The molecule has 0 bridgehead atoms. The summed E-state index contributed by atoms with van der Waals surface area (Å²) in [6.07, 6.45) is 1.38. The molecule has 5 nitrogen and oxygen atoms in total. The Hall–Kier alpha value is -0.940. The van der Waals surface area contributed by atoms with Crippen molar-refractivity contribution >= 4 is 29.3 Å². The van der Waals surface area contributed by atoms with Crippen molar-refractivity contribution in [3.05, 3.63) is 16.1 Å². The number of rotatable bonds is 1. The number of likely N-dealkylation sites (tertiary alicyclic amines) is 1. The summed E-state index contributed by atoms with van der Waals surface area (Å²) in [6.45, 7) is 1.32. The van der Waals surface area contributed by atoms with E-state index >= 15 is 0 Å². The van der Waals surface area contributed by atoms with E-state index in [2.05, 4.69) is 14.7 Å². The van der Waals surface area contributed by atoms with Crippen LogP contribution in [0, 0.1) is 0 Å². The van der Waals surface area contributed by atoms with E-state index in [0.717, 1.165) is 18.7 Å². The van der Waals surface area contributed by atoms with E-state index in [-0.39, 0.29) is 12.0 Å². The molecule has 1 aromatic rings. The van der Waals surface area contributed by atoms with Crippen molar-refractivity contribution in [1.82, 2.24) is 14.9 Å². The average molecular weight is 278 g/mol. The lowest BCUT2D eigenvalue weighted by molar-refractivity contribution is 0.112.